The molecule has 0 atom stereocenters. The molecule has 0 saturated heterocycles. The molecular weight excluding hydrogens is 349 g/mol. The minimum atomic E-state index is -5.28. The molecule has 0 nitrogen and oxygen atoms in total. The Morgan fingerprint density at radius 3 is 1.16 bits per heavy atom. The molecular formula is C9H4F9Ga. The van der Waals surface area contributed by atoms with Crippen LogP contribution in [-0.4, -0.2) is 18.6 Å². The molecule has 0 aliphatic heterocycles. The van der Waals surface area contributed by atoms with Crippen molar-refractivity contribution in [2.45, 2.75) is 18.5 Å². The molecule has 0 fully saturated rings. The van der Waals surface area contributed by atoms with Crippen LogP contribution in [0.25, 0.3) is 0 Å². The van der Waals surface area contributed by atoms with Gasteiger partial charge >= 0.3 is 110 Å². The van der Waals surface area contributed by atoms with E-state index in [1.165, 1.54) is 0 Å². The molecule has 0 amide bonds. The normalized spacial score (nSPS) is 13.7. The van der Waals surface area contributed by atoms with E-state index in [1.54, 1.807) is 0 Å². The second-order valence-electron chi connectivity index (χ2n) is 3.69. The van der Waals surface area contributed by atoms with Crippen molar-refractivity contribution in [3.8, 4) is 0 Å². The standard InChI is InChI=1S/C9H2F9.Ga.2H/c10-7(11,12)4-1-5(8(13,14)15)3-6(2-4)9(16,17)18;;;/h1-2H;;;. The van der Waals surface area contributed by atoms with E-state index in [0.717, 1.165) is 0 Å². The first-order valence-corrected chi connectivity index (χ1v) is 6.70. The molecule has 1 aromatic rings. The third-order valence-electron chi connectivity index (χ3n) is 2.35. The molecule has 106 valence electrons. The summed E-state index contributed by atoms with van der Waals surface area (Å²) in [4.78, 5) is 0. The Hall–Kier alpha value is -0.774. The summed E-state index contributed by atoms with van der Waals surface area (Å²) in [6.07, 6.45) is -15.8. The van der Waals surface area contributed by atoms with Crippen LogP contribution in [-0.2, 0) is 18.5 Å². The number of hydrogen-bond acceptors (Lipinski definition) is 0. The molecule has 19 heavy (non-hydrogen) atoms. The summed E-state index contributed by atoms with van der Waals surface area (Å²) in [5, 5.41) is 0. The molecule has 0 aliphatic carbocycles. The Balaban J connectivity index is 3.68. The number of benzene rings is 1. The Morgan fingerprint density at radius 2 is 0.947 bits per heavy atom. The molecule has 0 spiro atoms. The van der Waals surface area contributed by atoms with Gasteiger partial charge in [0.1, 0.15) is 0 Å². The Kier molecular flexibility index (Phi) is 3.99. The molecule has 0 heterocycles. The number of halogens is 9. The molecule has 0 bridgehead atoms. The third-order valence-corrected chi connectivity index (χ3v) is 4.61. The molecule has 10 heteroatoms. The predicted octanol–water partition coefficient (Wildman–Crippen LogP) is 3.00. The first-order chi connectivity index (χ1) is 8.24. The van der Waals surface area contributed by atoms with Crippen LogP contribution in [0.3, 0.4) is 0 Å². The molecule has 0 N–H and O–H groups in total. The van der Waals surface area contributed by atoms with Crippen molar-refractivity contribution in [2.75, 3.05) is 0 Å². The van der Waals surface area contributed by atoms with E-state index in [2.05, 4.69) is 0 Å². The van der Waals surface area contributed by atoms with E-state index in [9.17, 15) is 39.5 Å². The fraction of sp³-hybridized carbons (Fsp3) is 0.333. The van der Waals surface area contributed by atoms with Crippen LogP contribution in [0, 0.1) is 0 Å². The van der Waals surface area contributed by atoms with Crippen molar-refractivity contribution in [1.82, 2.24) is 0 Å². The molecule has 1 rings (SSSR count). The second kappa shape index (κ2) is 4.65. The van der Waals surface area contributed by atoms with Gasteiger partial charge in [-0.15, -0.1) is 0 Å². The Bertz CT molecular complexity index is 445. The van der Waals surface area contributed by atoms with Crippen LogP contribution >= 0.6 is 0 Å². The summed E-state index contributed by atoms with van der Waals surface area (Å²) in [7, 11) is 0. The van der Waals surface area contributed by atoms with Crippen LogP contribution in [0.5, 0.6) is 0 Å². The quantitative estimate of drug-likeness (QED) is 0.497. The van der Waals surface area contributed by atoms with Crippen LogP contribution in [0.15, 0.2) is 12.1 Å². The van der Waals surface area contributed by atoms with Gasteiger partial charge in [-0.25, -0.2) is 0 Å². The summed E-state index contributed by atoms with van der Waals surface area (Å²) >= 11 is -1.09. The zero-order chi connectivity index (χ0) is 15.2. The van der Waals surface area contributed by atoms with Gasteiger partial charge in [0.15, 0.2) is 0 Å². The average molecular weight is 353 g/mol. The summed E-state index contributed by atoms with van der Waals surface area (Å²) < 4.78 is 111. The molecule has 1 aromatic carbocycles. The van der Waals surface area contributed by atoms with E-state index >= 15 is 0 Å². The number of alkyl halides is 9. The third kappa shape index (κ3) is 3.62. The fourth-order valence-electron chi connectivity index (χ4n) is 1.47. The molecule has 0 aliphatic rings. The van der Waals surface area contributed by atoms with E-state index < -0.39 is 57.9 Å². The van der Waals surface area contributed by atoms with Gasteiger partial charge in [-0.1, -0.05) is 0 Å². The maximum atomic E-state index is 12.5. The van der Waals surface area contributed by atoms with Crippen molar-refractivity contribution in [3.63, 3.8) is 0 Å². The van der Waals surface area contributed by atoms with Crippen LogP contribution in [0.1, 0.15) is 16.7 Å². The van der Waals surface area contributed by atoms with E-state index in [0.29, 0.717) is 0 Å². The maximum absolute atomic E-state index is 12.5. The monoisotopic (exact) mass is 352 g/mol. The van der Waals surface area contributed by atoms with Crippen molar-refractivity contribution >= 4 is 22.7 Å². The zero-order valence-corrected chi connectivity index (χ0v) is 13.3. The fourth-order valence-corrected chi connectivity index (χ4v) is 3.26. The van der Waals surface area contributed by atoms with Gasteiger partial charge < -0.3 is 0 Å². The van der Waals surface area contributed by atoms with Gasteiger partial charge in [-0.05, 0) is 0 Å². The van der Waals surface area contributed by atoms with Gasteiger partial charge in [0.2, 0.25) is 0 Å². The first kappa shape index (κ1) is 16.3. The van der Waals surface area contributed by atoms with Crippen molar-refractivity contribution in [3.05, 3.63) is 28.8 Å². The number of rotatable bonds is 0. The predicted molar refractivity (Wildman–Crippen MR) is 49.6 cm³/mol. The summed E-state index contributed by atoms with van der Waals surface area (Å²) in [6.45, 7) is 0. The van der Waals surface area contributed by atoms with Crippen molar-refractivity contribution < 1.29 is 39.5 Å². The Labute approximate surface area is 110 Å². The van der Waals surface area contributed by atoms with E-state index in [4.69, 9.17) is 0 Å². The molecule has 0 saturated carbocycles. The SMILES string of the molecule is FC(F)(F)c1cc(C(F)(F)F)[c]([GaH2])c(C(F)(F)F)c1. The Morgan fingerprint density at radius 1 is 0.632 bits per heavy atom. The van der Waals surface area contributed by atoms with Crippen LogP contribution < -0.4 is 4.12 Å². The van der Waals surface area contributed by atoms with Crippen molar-refractivity contribution in [1.29, 1.82) is 0 Å². The second-order valence-corrected chi connectivity index (χ2v) is 5.79. The summed E-state index contributed by atoms with van der Waals surface area (Å²) in [5.41, 5.74) is -5.69. The summed E-state index contributed by atoms with van der Waals surface area (Å²) in [5.74, 6) is 0. The van der Waals surface area contributed by atoms with Crippen LogP contribution in [0.2, 0.25) is 0 Å². The molecule has 0 unspecified atom stereocenters. The average Bonchev–Trinajstić information content (AvgIpc) is 2.11. The van der Waals surface area contributed by atoms with Gasteiger partial charge in [-0.2, -0.15) is 0 Å². The summed E-state index contributed by atoms with van der Waals surface area (Å²) in [6, 6.07) is -0.564. The van der Waals surface area contributed by atoms with Crippen molar-refractivity contribution in [2.24, 2.45) is 0 Å². The minimum absolute atomic E-state index is 0.282. The van der Waals surface area contributed by atoms with Gasteiger partial charge in [0.25, 0.3) is 0 Å². The topological polar surface area (TPSA) is 0 Å². The zero-order valence-electron chi connectivity index (χ0n) is 9.06. The number of hydrogen-bond donors (Lipinski definition) is 0. The molecule has 0 radical (unpaired) electrons. The van der Waals surface area contributed by atoms with E-state index in [1.807, 2.05) is 0 Å². The first-order valence-electron chi connectivity index (χ1n) is 4.61. The molecule has 0 aromatic heterocycles. The van der Waals surface area contributed by atoms with Crippen LogP contribution in [0.4, 0.5) is 39.5 Å². The van der Waals surface area contributed by atoms with E-state index in [-0.39, 0.29) is 12.1 Å². The van der Waals surface area contributed by atoms with Gasteiger partial charge in [-0.3, -0.25) is 0 Å². The van der Waals surface area contributed by atoms with Gasteiger partial charge in [0.05, 0.1) is 0 Å². The van der Waals surface area contributed by atoms with Gasteiger partial charge in [0, 0.05) is 0 Å².